The number of hydrogen-bond donors (Lipinski definition) is 1. The Balaban J connectivity index is 1.95. The lowest BCUT2D eigenvalue weighted by Crippen LogP contribution is -2.06. The molecule has 1 aromatic carbocycles. The van der Waals surface area contributed by atoms with Gasteiger partial charge in [0.2, 0.25) is 0 Å². The van der Waals surface area contributed by atoms with Gasteiger partial charge in [0.25, 0.3) is 0 Å². The summed E-state index contributed by atoms with van der Waals surface area (Å²) < 4.78 is 7.59. The lowest BCUT2D eigenvalue weighted by molar-refractivity contribution is 0.199. The molecule has 0 radical (unpaired) electrons. The zero-order valence-corrected chi connectivity index (χ0v) is 11.8. The first-order valence-electron chi connectivity index (χ1n) is 6.14. The predicted octanol–water partition coefficient (Wildman–Crippen LogP) is 2.75. The van der Waals surface area contributed by atoms with Gasteiger partial charge in [-0.2, -0.15) is 0 Å². The zero-order valence-electron chi connectivity index (χ0n) is 11.0. The van der Waals surface area contributed by atoms with Gasteiger partial charge in [-0.1, -0.05) is 17.7 Å². The molecular weight excluding hydrogens is 264 g/mol. The van der Waals surface area contributed by atoms with Gasteiger partial charge in [-0.3, -0.25) is 0 Å². The first kappa shape index (κ1) is 13.9. The molecule has 4 nitrogen and oxygen atoms in total. The van der Waals surface area contributed by atoms with E-state index in [0.717, 1.165) is 17.8 Å². The Kier molecular flexibility index (Phi) is 4.45. The first-order chi connectivity index (χ1) is 9.08. The summed E-state index contributed by atoms with van der Waals surface area (Å²) in [5.74, 6) is 1.59. The van der Waals surface area contributed by atoms with E-state index in [1.165, 1.54) is 0 Å². The highest BCUT2D eigenvalue weighted by Crippen LogP contribution is 2.27. The van der Waals surface area contributed by atoms with Gasteiger partial charge in [0, 0.05) is 25.9 Å². The molecule has 19 heavy (non-hydrogen) atoms. The SMILES string of the molecule is C[C@H](O)c1ccc(OCCc2nccn2C)c(Cl)c1. The Morgan fingerprint density at radius 3 is 2.84 bits per heavy atom. The van der Waals surface area contributed by atoms with Gasteiger partial charge in [0.05, 0.1) is 17.7 Å². The first-order valence-corrected chi connectivity index (χ1v) is 6.52. The molecule has 0 aliphatic rings. The Hall–Kier alpha value is -1.52. The average molecular weight is 281 g/mol. The van der Waals surface area contributed by atoms with Gasteiger partial charge in [-0.25, -0.2) is 4.98 Å². The van der Waals surface area contributed by atoms with Crippen LogP contribution in [0.4, 0.5) is 0 Å². The molecule has 0 saturated carbocycles. The summed E-state index contributed by atoms with van der Waals surface area (Å²) in [7, 11) is 1.95. The molecule has 0 bridgehead atoms. The van der Waals surface area contributed by atoms with Crippen LogP contribution in [0, 0.1) is 0 Å². The molecule has 1 heterocycles. The Morgan fingerprint density at radius 1 is 1.47 bits per heavy atom. The number of imidazole rings is 1. The number of rotatable bonds is 5. The number of aryl methyl sites for hydroxylation is 1. The van der Waals surface area contributed by atoms with Gasteiger partial charge < -0.3 is 14.4 Å². The third-order valence-electron chi connectivity index (χ3n) is 2.94. The fraction of sp³-hybridized carbons (Fsp3) is 0.357. The summed E-state index contributed by atoms with van der Waals surface area (Å²) in [6, 6.07) is 5.32. The molecule has 0 fully saturated rings. The molecule has 2 aromatic rings. The van der Waals surface area contributed by atoms with Crippen molar-refractivity contribution in [2.45, 2.75) is 19.4 Å². The molecule has 1 aromatic heterocycles. The summed E-state index contributed by atoms with van der Waals surface area (Å²) in [4.78, 5) is 4.22. The molecule has 102 valence electrons. The molecule has 0 amide bonds. The van der Waals surface area contributed by atoms with Crippen molar-refractivity contribution >= 4 is 11.6 Å². The number of aliphatic hydroxyl groups is 1. The van der Waals surface area contributed by atoms with Crippen LogP contribution in [0.15, 0.2) is 30.6 Å². The third kappa shape index (κ3) is 3.49. The van der Waals surface area contributed by atoms with Crippen LogP contribution in [0.5, 0.6) is 5.75 Å². The Labute approximate surface area is 117 Å². The van der Waals surface area contributed by atoms with Crippen LogP contribution >= 0.6 is 11.6 Å². The second-order valence-corrected chi connectivity index (χ2v) is 4.83. The monoisotopic (exact) mass is 280 g/mol. The van der Waals surface area contributed by atoms with Crippen molar-refractivity contribution < 1.29 is 9.84 Å². The predicted molar refractivity (Wildman–Crippen MR) is 74.5 cm³/mol. The summed E-state index contributed by atoms with van der Waals surface area (Å²) in [6.07, 6.45) is 3.86. The molecule has 0 spiro atoms. The van der Waals surface area contributed by atoms with Gasteiger partial charge in [0.1, 0.15) is 11.6 Å². The van der Waals surface area contributed by atoms with E-state index in [1.54, 1.807) is 25.3 Å². The maximum atomic E-state index is 9.46. The number of aliphatic hydroxyl groups excluding tert-OH is 1. The van der Waals surface area contributed by atoms with Gasteiger partial charge in [0.15, 0.2) is 0 Å². The number of ether oxygens (including phenoxy) is 1. The highest BCUT2D eigenvalue weighted by atomic mass is 35.5. The van der Waals surface area contributed by atoms with E-state index >= 15 is 0 Å². The van der Waals surface area contributed by atoms with E-state index in [1.807, 2.05) is 23.9 Å². The quantitative estimate of drug-likeness (QED) is 0.916. The molecular formula is C14H17ClN2O2. The van der Waals surface area contributed by atoms with E-state index in [9.17, 15) is 5.11 Å². The van der Waals surface area contributed by atoms with Crippen molar-refractivity contribution in [2.75, 3.05) is 6.61 Å². The maximum Gasteiger partial charge on any atom is 0.137 e. The molecule has 5 heteroatoms. The fourth-order valence-electron chi connectivity index (χ4n) is 1.78. The van der Waals surface area contributed by atoms with E-state index in [-0.39, 0.29) is 0 Å². The summed E-state index contributed by atoms with van der Waals surface area (Å²) in [5, 5.41) is 9.97. The summed E-state index contributed by atoms with van der Waals surface area (Å²) >= 11 is 6.11. The van der Waals surface area contributed by atoms with Crippen molar-refractivity contribution in [1.82, 2.24) is 9.55 Å². The number of benzene rings is 1. The van der Waals surface area contributed by atoms with Crippen LogP contribution in [0.2, 0.25) is 5.02 Å². The zero-order chi connectivity index (χ0) is 13.8. The van der Waals surface area contributed by atoms with Crippen LogP contribution in [0.25, 0.3) is 0 Å². The van der Waals surface area contributed by atoms with Gasteiger partial charge in [-0.05, 0) is 24.6 Å². The van der Waals surface area contributed by atoms with Crippen LogP contribution in [0.3, 0.4) is 0 Å². The van der Waals surface area contributed by atoms with Crippen molar-refractivity contribution in [3.05, 3.63) is 47.0 Å². The number of aromatic nitrogens is 2. The molecule has 0 aliphatic carbocycles. The second-order valence-electron chi connectivity index (χ2n) is 4.42. The van der Waals surface area contributed by atoms with E-state index in [0.29, 0.717) is 17.4 Å². The highest BCUT2D eigenvalue weighted by Gasteiger charge is 2.07. The molecule has 0 unspecified atom stereocenters. The maximum absolute atomic E-state index is 9.46. The van der Waals surface area contributed by atoms with Gasteiger partial charge in [-0.15, -0.1) is 0 Å². The van der Waals surface area contributed by atoms with Crippen LogP contribution in [-0.4, -0.2) is 21.3 Å². The largest absolute Gasteiger partial charge is 0.492 e. The van der Waals surface area contributed by atoms with Crippen molar-refractivity contribution in [1.29, 1.82) is 0 Å². The molecule has 1 N–H and O–H groups in total. The molecule has 1 atom stereocenters. The Morgan fingerprint density at radius 2 is 2.26 bits per heavy atom. The third-order valence-corrected chi connectivity index (χ3v) is 3.24. The van der Waals surface area contributed by atoms with E-state index in [2.05, 4.69) is 4.98 Å². The molecule has 0 saturated heterocycles. The number of hydrogen-bond acceptors (Lipinski definition) is 3. The van der Waals surface area contributed by atoms with E-state index in [4.69, 9.17) is 16.3 Å². The van der Waals surface area contributed by atoms with Crippen LogP contribution in [0.1, 0.15) is 24.4 Å². The minimum atomic E-state index is -0.529. The lowest BCUT2D eigenvalue weighted by Gasteiger charge is -2.10. The minimum absolute atomic E-state index is 0.512. The topological polar surface area (TPSA) is 47.3 Å². The highest BCUT2D eigenvalue weighted by molar-refractivity contribution is 6.32. The average Bonchev–Trinajstić information content (AvgIpc) is 2.77. The Bertz CT molecular complexity index is 552. The summed E-state index contributed by atoms with van der Waals surface area (Å²) in [6.45, 7) is 2.21. The standard InChI is InChI=1S/C14H17ClN2O2/c1-10(18)11-3-4-13(12(15)9-11)19-8-5-14-16-6-7-17(14)2/h3-4,6-7,9-10,18H,5,8H2,1-2H3/t10-/m0/s1. The normalized spacial score (nSPS) is 12.4. The number of halogens is 1. The van der Waals surface area contributed by atoms with Crippen molar-refractivity contribution in [3.8, 4) is 5.75 Å². The van der Waals surface area contributed by atoms with Crippen molar-refractivity contribution in [2.24, 2.45) is 7.05 Å². The minimum Gasteiger partial charge on any atom is -0.492 e. The smallest absolute Gasteiger partial charge is 0.137 e. The fourth-order valence-corrected chi connectivity index (χ4v) is 2.03. The van der Waals surface area contributed by atoms with Crippen LogP contribution < -0.4 is 4.74 Å². The lowest BCUT2D eigenvalue weighted by atomic mass is 10.1. The van der Waals surface area contributed by atoms with Crippen molar-refractivity contribution in [3.63, 3.8) is 0 Å². The molecule has 0 aliphatic heterocycles. The molecule has 2 rings (SSSR count). The van der Waals surface area contributed by atoms with Gasteiger partial charge >= 0.3 is 0 Å². The van der Waals surface area contributed by atoms with E-state index < -0.39 is 6.10 Å². The number of nitrogens with zero attached hydrogens (tertiary/aromatic N) is 2. The van der Waals surface area contributed by atoms with Crippen LogP contribution in [-0.2, 0) is 13.5 Å². The summed E-state index contributed by atoms with van der Waals surface area (Å²) in [5.41, 5.74) is 0.779. The second kappa shape index (κ2) is 6.08.